The van der Waals surface area contributed by atoms with E-state index in [1.165, 1.54) is 0 Å². The number of rotatable bonds is 4. The molecule has 0 aliphatic carbocycles. The number of carbonyl (C=O) groups is 2. The van der Waals surface area contributed by atoms with Crippen LogP contribution in [0, 0.1) is 6.92 Å². The monoisotopic (exact) mass is 352 g/mol. The molecule has 2 aromatic carbocycles. The molecule has 1 aliphatic heterocycles. The number of nitrogens with zero attached hydrogens (tertiary/aromatic N) is 1. The molecule has 0 unspecified atom stereocenters. The quantitative estimate of drug-likeness (QED) is 0.920. The van der Waals surface area contributed by atoms with Gasteiger partial charge < -0.3 is 15.0 Å². The molecular formula is C21H24N2O3. The second-order valence-corrected chi connectivity index (χ2v) is 6.75. The van der Waals surface area contributed by atoms with Gasteiger partial charge in [-0.2, -0.15) is 0 Å². The van der Waals surface area contributed by atoms with Gasteiger partial charge in [0.25, 0.3) is 5.91 Å². The molecule has 0 aromatic heterocycles. The van der Waals surface area contributed by atoms with Crippen molar-refractivity contribution < 1.29 is 14.3 Å². The molecule has 26 heavy (non-hydrogen) atoms. The lowest BCUT2D eigenvalue weighted by Crippen LogP contribution is -2.48. The largest absolute Gasteiger partial charge is 0.496 e. The predicted octanol–water partition coefficient (Wildman–Crippen LogP) is 3.02. The minimum atomic E-state index is -0.107. The zero-order valence-electron chi connectivity index (χ0n) is 15.4. The van der Waals surface area contributed by atoms with E-state index in [2.05, 4.69) is 11.4 Å². The fraction of sp³-hybridized carbons (Fsp3) is 0.333. The van der Waals surface area contributed by atoms with E-state index < -0.39 is 0 Å². The van der Waals surface area contributed by atoms with Crippen molar-refractivity contribution in [2.45, 2.75) is 25.8 Å². The lowest BCUT2D eigenvalue weighted by molar-refractivity contribution is -0.132. The van der Waals surface area contributed by atoms with E-state index in [1.807, 2.05) is 43.3 Å². The highest BCUT2D eigenvalue weighted by atomic mass is 16.5. The summed E-state index contributed by atoms with van der Waals surface area (Å²) in [7, 11) is 3.43. The zero-order chi connectivity index (χ0) is 18.7. The summed E-state index contributed by atoms with van der Waals surface area (Å²) in [6.45, 7) is 2.56. The van der Waals surface area contributed by atoms with E-state index >= 15 is 0 Å². The van der Waals surface area contributed by atoms with Crippen LogP contribution in [0.5, 0.6) is 5.75 Å². The molecule has 0 saturated carbocycles. The molecule has 0 bridgehead atoms. The van der Waals surface area contributed by atoms with Gasteiger partial charge in [0.15, 0.2) is 0 Å². The fourth-order valence-electron chi connectivity index (χ4n) is 3.30. The summed E-state index contributed by atoms with van der Waals surface area (Å²) in [5, 5.41) is 3.04. The van der Waals surface area contributed by atoms with E-state index in [1.54, 1.807) is 19.1 Å². The maximum Gasteiger partial charge on any atom is 0.251 e. The molecular weight excluding hydrogens is 328 g/mol. The summed E-state index contributed by atoms with van der Waals surface area (Å²) in [6.07, 6.45) is 1.17. The van der Waals surface area contributed by atoms with Crippen molar-refractivity contribution in [2.24, 2.45) is 0 Å². The molecule has 0 radical (unpaired) electrons. The van der Waals surface area contributed by atoms with Gasteiger partial charge in [-0.25, -0.2) is 0 Å². The summed E-state index contributed by atoms with van der Waals surface area (Å²) >= 11 is 0. The third-order valence-electron chi connectivity index (χ3n) is 4.81. The molecule has 1 N–H and O–H groups in total. The first-order valence-electron chi connectivity index (χ1n) is 8.78. The third kappa shape index (κ3) is 3.87. The lowest BCUT2D eigenvalue weighted by Gasteiger charge is -2.30. The first-order valence-corrected chi connectivity index (χ1v) is 8.78. The normalized spacial score (nSPS) is 17.1. The van der Waals surface area contributed by atoms with E-state index in [-0.39, 0.29) is 17.9 Å². The fourth-order valence-corrected chi connectivity index (χ4v) is 3.30. The number of hydrogen-bond acceptors (Lipinski definition) is 3. The SMILES string of the molecule is COc1ccc(-c2cccc(C(=O)N[C@@H]3CCC(=O)N(C)C3)c2)cc1C. The number of methoxy groups -OCH3 is 1. The van der Waals surface area contributed by atoms with Crippen molar-refractivity contribution in [3.8, 4) is 16.9 Å². The molecule has 1 aliphatic rings. The Kier molecular flexibility index (Phi) is 5.26. The minimum absolute atomic E-state index is 0.00270. The molecule has 3 rings (SSSR count). The minimum Gasteiger partial charge on any atom is -0.496 e. The van der Waals surface area contributed by atoms with Crippen molar-refractivity contribution in [1.29, 1.82) is 0 Å². The second-order valence-electron chi connectivity index (χ2n) is 6.75. The number of piperidine rings is 1. The van der Waals surface area contributed by atoms with Crippen LogP contribution in [-0.4, -0.2) is 43.5 Å². The zero-order valence-corrected chi connectivity index (χ0v) is 15.4. The molecule has 0 spiro atoms. The highest BCUT2D eigenvalue weighted by Gasteiger charge is 2.24. The van der Waals surface area contributed by atoms with Crippen LogP contribution in [0.15, 0.2) is 42.5 Å². The maximum atomic E-state index is 12.6. The molecule has 2 aromatic rings. The first-order chi connectivity index (χ1) is 12.5. The third-order valence-corrected chi connectivity index (χ3v) is 4.81. The van der Waals surface area contributed by atoms with Gasteiger partial charge in [-0.05, 0) is 54.3 Å². The number of aryl methyl sites for hydroxylation is 1. The Morgan fingerprint density at radius 1 is 1.19 bits per heavy atom. The molecule has 136 valence electrons. The van der Waals surface area contributed by atoms with Gasteiger partial charge in [-0.1, -0.05) is 18.2 Å². The van der Waals surface area contributed by atoms with Gasteiger partial charge >= 0.3 is 0 Å². The molecule has 1 atom stereocenters. The van der Waals surface area contributed by atoms with Crippen molar-refractivity contribution >= 4 is 11.8 Å². The molecule has 5 nitrogen and oxygen atoms in total. The Labute approximate surface area is 154 Å². The van der Waals surface area contributed by atoms with Crippen LogP contribution >= 0.6 is 0 Å². The first kappa shape index (κ1) is 18.0. The Hall–Kier alpha value is -2.82. The summed E-state index contributed by atoms with van der Waals surface area (Å²) in [6, 6.07) is 13.6. The van der Waals surface area contributed by atoms with Crippen LogP contribution in [0.3, 0.4) is 0 Å². The number of nitrogens with one attached hydrogen (secondary N) is 1. The van der Waals surface area contributed by atoms with Gasteiger partial charge in [-0.3, -0.25) is 9.59 Å². The Balaban J connectivity index is 1.75. The van der Waals surface area contributed by atoms with Gasteiger partial charge in [0.1, 0.15) is 5.75 Å². The number of hydrogen-bond donors (Lipinski definition) is 1. The lowest BCUT2D eigenvalue weighted by atomic mass is 10.00. The number of benzene rings is 2. The average molecular weight is 352 g/mol. The molecule has 1 saturated heterocycles. The number of amides is 2. The standard InChI is InChI=1S/C21H24N2O3/c1-14-11-16(7-9-19(14)26-3)15-5-4-6-17(12-15)21(25)22-18-8-10-20(24)23(2)13-18/h4-7,9,11-12,18H,8,10,13H2,1-3H3,(H,22,25)/t18-/m1/s1. The molecule has 5 heteroatoms. The van der Waals surface area contributed by atoms with Gasteiger partial charge in [0, 0.05) is 31.6 Å². The number of carbonyl (C=O) groups excluding carboxylic acids is 2. The number of likely N-dealkylation sites (tertiary alicyclic amines) is 1. The van der Waals surface area contributed by atoms with Crippen LogP contribution in [-0.2, 0) is 4.79 Å². The van der Waals surface area contributed by atoms with Gasteiger partial charge in [0.2, 0.25) is 5.91 Å². The molecule has 1 heterocycles. The van der Waals surface area contributed by atoms with Gasteiger partial charge in [0.05, 0.1) is 7.11 Å². The van der Waals surface area contributed by atoms with Crippen LogP contribution in [0.1, 0.15) is 28.8 Å². The van der Waals surface area contributed by atoms with Crippen molar-refractivity contribution in [1.82, 2.24) is 10.2 Å². The Morgan fingerprint density at radius 2 is 1.96 bits per heavy atom. The number of likely N-dealkylation sites (N-methyl/N-ethyl adjacent to an activating group) is 1. The van der Waals surface area contributed by atoms with Crippen LogP contribution in [0.2, 0.25) is 0 Å². The van der Waals surface area contributed by atoms with E-state index in [4.69, 9.17) is 4.74 Å². The van der Waals surface area contributed by atoms with Crippen molar-refractivity contribution in [3.63, 3.8) is 0 Å². The average Bonchev–Trinajstić information content (AvgIpc) is 2.64. The van der Waals surface area contributed by atoms with Crippen molar-refractivity contribution in [3.05, 3.63) is 53.6 Å². The topological polar surface area (TPSA) is 58.6 Å². The van der Waals surface area contributed by atoms with E-state index in [0.717, 1.165) is 22.4 Å². The summed E-state index contributed by atoms with van der Waals surface area (Å²) in [5.74, 6) is 0.871. The molecule has 2 amide bonds. The van der Waals surface area contributed by atoms with E-state index in [0.29, 0.717) is 24.9 Å². The smallest absolute Gasteiger partial charge is 0.251 e. The highest BCUT2D eigenvalue weighted by molar-refractivity contribution is 5.95. The van der Waals surface area contributed by atoms with Crippen LogP contribution in [0.4, 0.5) is 0 Å². The van der Waals surface area contributed by atoms with Crippen LogP contribution in [0.25, 0.3) is 11.1 Å². The predicted molar refractivity (Wildman–Crippen MR) is 101 cm³/mol. The summed E-state index contributed by atoms with van der Waals surface area (Å²) in [5.41, 5.74) is 3.70. The van der Waals surface area contributed by atoms with Crippen LogP contribution < -0.4 is 10.1 Å². The number of ether oxygens (including phenoxy) is 1. The summed E-state index contributed by atoms with van der Waals surface area (Å²) in [4.78, 5) is 25.9. The second kappa shape index (κ2) is 7.60. The van der Waals surface area contributed by atoms with Gasteiger partial charge in [-0.15, -0.1) is 0 Å². The Morgan fingerprint density at radius 3 is 2.65 bits per heavy atom. The maximum absolute atomic E-state index is 12.6. The highest BCUT2D eigenvalue weighted by Crippen LogP contribution is 2.26. The van der Waals surface area contributed by atoms with E-state index in [9.17, 15) is 9.59 Å². The van der Waals surface area contributed by atoms with Crippen molar-refractivity contribution in [2.75, 3.05) is 20.7 Å². The summed E-state index contributed by atoms with van der Waals surface area (Å²) < 4.78 is 5.31. The Bertz CT molecular complexity index is 832. The molecule has 1 fully saturated rings.